The van der Waals surface area contributed by atoms with Gasteiger partial charge in [0.15, 0.2) is 6.61 Å². The van der Waals surface area contributed by atoms with Crippen molar-refractivity contribution in [3.63, 3.8) is 0 Å². The fourth-order valence-corrected chi connectivity index (χ4v) is 0.952. The molecule has 4 nitrogen and oxygen atoms in total. The van der Waals surface area contributed by atoms with Crippen molar-refractivity contribution in [1.29, 1.82) is 0 Å². The topological polar surface area (TPSA) is 46.6 Å². The lowest BCUT2D eigenvalue weighted by Gasteiger charge is -2.23. The lowest BCUT2D eigenvalue weighted by Crippen LogP contribution is -2.47. The quantitative estimate of drug-likeness (QED) is 0.343. The number of halogens is 7. The Bertz CT molecular complexity index is 402. The molecule has 11 heteroatoms. The van der Waals surface area contributed by atoms with E-state index < -0.39 is 48.8 Å². The first kappa shape index (κ1) is 18.0. The van der Waals surface area contributed by atoms with E-state index in [-0.39, 0.29) is 0 Å². The van der Waals surface area contributed by atoms with Crippen LogP contribution in [0.1, 0.15) is 0 Å². The van der Waals surface area contributed by atoms with E-state index in [2.05, 4.69) is 4.74 Å². The molecular weight excluding hydrogens is 303 g/mol. The molecule has 0 rings (SSSR count). The number of carbonyl (C=O) groups is 2. The highest BCUT2D eigenvalue weighted by Crippen LogP contribution is 2.22. The van der Waals surface area contributed by atoms with Gasteiger partial charge in [-0.15, -0.1) is 4.39 Å². The maximum Gasteiger partial charge on any atom is 0.406 e. The minimum Gasteiger partial charge on any atom is -0.445 e. The van der Waals surface area contributed by atoms with Gasteiger partial charge in [0, 0.05) is 0 Å². The molecule has 0 heterocycles. The normalized spacial score (nSPS) is 11.3. The Morgan fingerprint density at radius 2 is 1.45 bits per heavy atom. The highest BCUT2D eigenvalue weighted by molar-refractivity contribution is 6.32. The third-order valence-electron chi connectivity index (χ3n) is 1.54. The molecule has 114 valence electrons. The van der Waals surface area contributed by atoms with Gasteiger partial charge in [-0.25, -0.2) is 4.79 Å². The van der Waals surface area contributed by atoms with E-state index in [1.54, 1.807) is 0 Å². The van der Waals surface area contributed by atoms with Crippen molar-refractivity contribution < 1.29 is 45.1 Å². The number of hydrogen-bond acceptors (Lipinski definition) is 3. The third kappa shape index (κ3) is 8.17. The second-order valence-corrected chi connectivity index (χ2v) is 3.24. The minimum absolute atomic E-state index is 0.756. The highest BCUT2D eigenvalue weighted by atomic mass is 19.4. The standard InChI is InChI=1S/C9H6F7NO3/c10-2-1-3-20-7(19)6(18)17(4-8(11,12)13)5-9(14,15)16/h3-5H2. The maximum absolute atomic E-state index is 12.0. The van der Waals surface area contributed by atoms with Crippen LogP contribution in [0.2, 0.25) is 0 Å². The SMILES string of the molecule is O=C(OCC#CF)C(=O)N(CC(F)(F)F)CC(F)(F)F. The summed E-state index contributed by atoms with van der Waals surface area (Å²) >= 11 is 0. The number of hydrogen-bond donors (Lipinski definition) is 0. The van der Waals surface area contributed by atoms with Crippen LogP contribution < -0.4 is 0 Å². The van der Waals surface area contributed by atoms with Crippen molar-refractivity contribution in [2.45, 2.75) is 12.4 Å². The number of rotatable bonds is 3. The predicted molar refractivity (Wildman–Crippen MR) is 48.5 cm³/mol. The van der Waals surface area contributed by atoms with Gasteiger partial charge in [0.1, 0.15) is 19.3 Å². The van der Waals surface area contributed by atoms with E-state index in [4.69, 9.17) is 0 Å². The number of alkyl halides is 6. The molecule has 0 saturated carbocycles. The molecule has 0 aromatic rings. The van der Waals surface area contributed by atoms with E-state index in [0.717, 1.165) is 6.17 Å². The molecule has 0 unspecified atom stereocenters. The molecule has 20 heavy (non-hydrogen) atoms. The van der Waals surface area contributed by atoms with Crippen LogP contribution in [0.3, 0.4) is 0 Å². The summed E-state index contributed by atoms with van der Waals surface area (Å²) in [6, 6.07) is 0. The van der Waals surface area contributed by atoms with Gasteiger partial charge in [0.2, 0.25) is 0 Å². The zero-order valence-electron chi connectivity index (χ0n) is 9.44. The zero-order valence-corrected chi connectivity index (χ0v) is 9.44. The summed E-state index contributed by atoms with van der Waals surface area (Å²) in [6.45, 7) is -5.54. The predicted octanol–water partition coefficient (Wildman–Crippen LogP) is 1.41. The summed E-state index contributed by atoms with van der Waals surface area (Å²) in [5.41, 5.74) is 0. The fourth-order valence-electron chi connectivity index (χ4n) is 0.952. The Balaban J connectivity index is 4.86. The Morgan fingerprint density at radius 1 is 1.00 bits per heavy atom. The fraction of sp³-hybridized carbons (Fsp3) is 0.556. The number of nitrogens with zero attached hydrogens (tertiary/aromatic N) is 1. The summed E-state index contributed by atoms with van der Waals surface area (Å²) in [5.74, 6) is -2.66. The minimum atomic E-state index is -5.14. The summed E-state index contributed by atoms with van der Waals surface area (Å²) < 4.78 is 87.3. The van der Waals surface area contributed by atoms with Gasteiger partial charge < -0.3 is 9.64 Å². The van der Waals surface area contributed by atoms with Gasteiger partial charge in [-0.3, -0.25) is 4.79 Å². The first-order valence-corrected chi connectivity index (χ1v) is 4.64. The summed E-state index contributed by atoms with van der Waals surface area (Å²) in [5, 5.41) is 0. The van der Waals surface area contributed by atoms with Gasteiger partial charge in [0.25, 0.3) is 0 Å². The van der Waals surface area contributed by atoms with E-state index >= 15 is 0 Å². The monoisotopic (exact) mass is 309 g/mol. The molecule has 0 fully saturated rings. The zero-order chi connectivity index (χ0) is 16.0. The Kier molecular flexibility index (Phi) is 6.28. The van der Waals surface area contributed by atoms with Crippen molar-refractivity contribution in [3.8, 4) is 12.1 Å². The first-order chi connectivity index (χ1) is 8.96. The molecule has 0 aliphatic heterocycles. The molecule has 0 aromatic carbocycles. The average molecular weight is 309 g/mol. The van der Waals surface area contributed by atoms with Crippen LogP contribution in [0.15, 0.2) is 0 Å². The number of ether oxygens (including phenoxy) is 1. The lowest BCUT2D eigenvalue weighted by atomic mass is 10.4. The molecule has 0 atom stereocenters. The van der Waals surface area contributed by atoms with E-state index in [9.17, 15) is 40.3 Å². The van der Waals surface area contributed by atoms with Gasteiger partial charge in [-0.05, 0) is 5.92 Å². The smallest absolute Gasteiger partial charge is 0.406 e. The van der Waals surface area contributed by atoms with Crippen molar-refractivity contribution in [2.24, 2.45) is 0 Å². The van der Waals surface area contributed by atoms with E-state index in [1.807, 2.05) is 0 Å². The molecule has 0 saturated heterocycles. The van der Waals surface area contributed by atoms with Crippen molar-refractivity contribution in [3.05, 3.63) is 0 Å². The number of amides is 1. The largest absolute Gasteiger partial charge is 0.445 e. The van der Waals surface area contributed by atoms with Crippen LogP contribution in [0.25, 0.3) is 0 Å². The number of esters is 1. The average Bonchev–Trinajstić information content (AvgIpc) is 2.23. The Labute approximate surface area is 107 Å². The molecular formula is C9H6F7NO3. The van der Waals surface area contributed by atoms with E-state index in [1.165, 1.54) is 5.92 Å². The van der Waals surface area contributed by atoms with Crippen LogP contribution in [-0.4, -0.2) is 48.8 Å². The number of carbonyl (C=O) groups excluding carboxylic acids is 2. The Hall–Kier alpha value is -1.99. The first-order valence-electron chi connectivity index (χ1n) is 4.64. The van der Waals surface area contributed by atoms with Crippen LogP contribution in [0.4, 0.5) is 30.7 Å². The molecule has 0 N–H and O–H groups in total. The van der Waals surface area contributed by atoms with E-state index in [0.29, 0.717) is 0 Å². The van der Waals surface area contributed by atoms with Crippen molar-refractivity contribution >= 4 is 11.9 Å². The Morgan fingerprint density at radius 3 is 1.80 bits per heavy atom. The molecule has 1 amide bonds. The lowest BCUT2D eigenvalue weighted by molar-refractivity contribution is -0.191. The summed E-state index contributed by atoms with van der Waals surface area (Å²) in [7, 11) is 0. The summed E-state index contributed by atoms with van der Waals surface area (Å²) in [4.78, 5) is 21.2. The highest BCUT2D eigenvalue weighted by Gasteiger charge is 2.41. The summed E-state index contributed by atoms with van der Waals surface area (Å²) in [6.07, 6.45) is -9.52. The van der Waals surface area contributed by atoms with Crippen LogP contribution in [0, 0.1) is 12.1 Å². The van der Waals surface area contributed by atoms with Gasteiger partial charge in [0.05, 0.1) is 0 Å². The van der Waals surface area contributed by atoms with Gasteiger partial charge >= 0.3 is 24.2 Å². The second kappa shape index (κ2) is 6.97. The van der Waals surface area contributed by atoms with Crippen LogP contribution >= 0.6 is 0 Å². The molecule has 0 aliphatic carbocycles. The molecule has 0 aromatic heterocycles. The second-order valence-electron chi connectivity index (χ2n) is 3.24. The molecule has 0 radical (unpaired) electrons. The van der Waals surface area contributed by atoms with Crippen molar-refractivity contribution in [1.82, 2.24) is 4.90 Å². The third-order valence-corrected chi connectivity index (χ3v) is 1.54. The van der Waals surface area contributed by atoms with Gasteiger partial charge in [-0.2, -0.15) is 26.3 Å². The van der Waals surface area contributed by atoms with Gasteiger partial charge in [-0.1, -0.05) is 0 Å². The maximum atomic E-state index is 12.0. The van der Waals surface area contributed by atoms with Crippen LogP contribution in [0.5, 0.6) is 0 Å². The molecule has 0 bridgehead atoms. The molecule has 0 spiro atoms. The van der Waals surface area contributed by atoms with Crippen molar-refractivity contribution in [2.75, 3.05) is 19.7 Å². The molecule has 0 aliphatic rings. The van der Waals surface area contributed by atoms with Crippen LogP contribution in [-0.2, 0) is 14.3 Å².